The first-order valence-electron chi connectivity index (χ1n) is 11.4. The summed E-state index contributed by atoms with van der Waals surface area (Å²) in [7, 11) is 4.25. The molecule has 0 radical (unpaired) electrons. The highest BCUT2D eigenvalue weighted by atomic mass is 16.5. The van der Waals surface area contributed by atoms with Crippen LogP contribution < -0.4 is 14.5 Å². The second-order valence-corrected chi connectivity index (χ2v) is 8.54. The van der Waals surface area contributed by atoms with Crippen molar-refractivity contribution in [2.24, 2.45) is 0 Å². The van der Waals surface area contributed by atoms with E-state index in [9.17, 15) is 5.11 Å². The number of fused-ring (bicyclic) bond motifs is 1. The van der Waals surface area contributed by atoms with Gasteiger partial charge in [0.2, 0.25) is 5.88 Å². The van der Waals surface area contributed by atoms with E-state index >= 15 is 0 Å². The van der Waals surface area contributed by atoms with E-state index in [4.69, 9.17) is 4.74 Å². The largest absolute Gasteiger partial charge is 0.493 e. The molecule has 0 aliphatic carbocycles. The van der Waals surface area contributed by atoms with Crippen molar-refractivity contribution in [1.82, 2.24) is 19.9 Å². The second-order valence-electron chi connectivity index (χ2n) is 8.54. The van der Waals surface area contributed by atoms with E-state index in [-0.39, 0.29) is 11.9 Å². The van der Waals surface area contributed by atoms with Crippen molar-refractivity contribution in [1.29, 1.82) is 0 Å². The van der Waals surface area contributed by atoms with Crippen molar-refractivity contribution in [3.05, 3.63) is 67.0 Å². The van der Waals surface area contributed by atoms with Gasteiger partial charge in [-0.05, 0) is 68.5 Å². The summed E-state index contributed by atoms with van der Waals surface area (Å²) in [6, 6.07) is 18.1. The summed E-state index contributed by atoms with van der Waals surface area (Å²) in [5, 5.41) is 10.7. The zero-order valence-electron chi connectivity index (χ0n) is 19.4. The Balaban J connectivity index is 1.31. The van der Waals surface area contributed by atoms with Gasteiger partial charge in [0.15, 0.2) is 0 Å². The van der Waals surface area contributed by atoms with E-state index < -0.39 is 0 Å². The number of aromatic nitrogens is 3. The Morgan fingerprint density at radius 3 is 2.65 bits per heavy atom. The first kappa shape index (κ1) is 21.9. The topological polar surface area (TPSA) is 77.9 Å². The van der Waals surface area contributed by atoms with Crippen molar-refractivity contribution in [2.45, 2.75) is 6.42 Å². The van der Waals surface area contributed by atoms with Crippen LogP contribution in [-0.2, 0) is 0 Å². The van der Waals surface area contributed by atoms with Crippen LogP contribution in [0, 0.1) is 0 Å². The molecule has 0 bridgehead atoms. The predicted octanol–water partition coefficient (Wildman–Crippen LogP) is 4.43. The maximum atomic E-state index is 10.1. The average Bonchev–Trinajstić information content (AvgIpc) is 3.09. The van der Waals surface area contributed by atoms with Gasteiger partial charge >= 0.3 is 6.01 Å². The van der Waals surface area contributed by atoms with Gasteiger partial charge in [-0.3, -0.25) is 4.98 Å². The molecule has 4 aromatic rings. The fraction of sp³-hybridized carbons (Fsp3) is 0.269. The first-order valence-corrected chi connectivity index (χ1v) is 11.4. The lowest BCUT2D eigenvalue weighted by molar-refractivity contribution is 0.360. The van der Waals surface area contributed by atoms with Gasteiger partial charge in [0, 0.05) is 49.9 Å². The second kappa shape index (κ2) is 9.52. The number of rotatable bonds is 5. The van der Waals surface area contributed by atoms with Gasteiger partial charge in [0.1, 0.15) is 5.75 Å². The van der Waals surface area contributed by atoms with Crippen molar-refractivity contribution < 1.29 is 9.84 Å². The highest BCUT2D eigenvalue weighted by Crippen LogP contribution is 2.31. The van der Waals surface area contributed by atoms with Crippen LogP contribution in [0.4, 0.5) is 17.1 Å². The predicted molar refractivity (Wildman–Crippen MR) is 134 cm³/mol. The highest BCUT2D eigenvalue weighted by Gasteiger charge is 2.14. The lowest BCUT2D eigenvalue weighted by atomic mass is 10.2. The quantitative estimate of drug-likeness (QED) is 0.473. The average molecular weight is 457 g/mol. The fourth-order valence-electron chi connectivity index (χ4n) is 4.18. The minimum atomic E-state index is -0.130. The summed E-state index contributed by atoms with van der Waals surface area (Å²) in [5.74, 6) is 0.455. The molecule has 0 saturated carbocycles. The third-order valence-corrected chi connectivity index (χ3v) is 6.19. The molecule has 0 spiro atoms. The Kier molecular flexibility index (Phi) is 6.14. The van der Waals surface area contributed by atoms with E-state index in [1.807, 2.05) is 24.3 Å². The fourth-order valence-corrected chi connectivity index (χ4v) is 4.18. The van der Waals surface area contributed by atoms with Gasteiger partial charge in [-0.1, -0.05) is 6.07 Å². The molecular formula is C26H28N6O2. The van der Waals surface area contributed by atoms with Gasteiger partial charge in [0.25, 0.3) is 0 Å². The van der Waals surface area contributed by atoms with Crippen LogP contribution in [-0.4, -0.2) is 65.2 Å². The number of likely N-dealkylation sites (N-methyl/N-ethyl adjacent to an activating group) is 1. The van der Waals surface area contributed by atoms with Gasteiger partial charge in [-0.25, -0.2) is 0 Å². The minimum Gasteiger partial charge on any atom is -0.493 e. The molecule has 1 saturated heterocycles. The molecule has 5 rings (SSSR count). The molecule has 174 valence electrons. The van der Waals surface area contributed by atoms with Gasteiger partial charge in [0.05, 0.1) is 17.1 Å². The Morgan fingerprint density at radius 1 is 0.941 bits per heavy atom. The molecule has 0 amide bonds. The summed E-state index contributed by atoms with van der Waals surface area (Å²) in [6.45, 7) is 4.34. The van der Waals surface area contributed by atoms with Gasteiger partial charge in [-0.15, -0.1) is 0 Å². The normalized spacial score (nSPS) is 14.7. The van der Waals surface area contributed by atoms with E-state index in [0.717, 1.165) is 37.6 Å². The number of pyridine rings is 1. The van der Waals surface area contributed by atoms with E-state index in [2.05, 4.69) is 68.0 Å². The first-order chi connectivity index (χ1) is 16.6. The SMILES string of the molecule is CN1CCCN(c2cccc(N(C)c3ccc(Oc4nc(O)c5ccncc5n4)cc3)c2)CC1. The number of aromatic hydroxyl groups is 1. The van der Waals surface area contributed by atoms with Crippen LogP contribution in [0.3, 0.4) is 0 Å². The number of anilines is 3. The monoisotopic (exact) mass is 456 g/mol. The maximum absolute atomic E-state index is 10.1. The molecule has 2 aromatic carbocycles. The molecule has 8 nitrogen and oxygen atoms in total. The molecule has 1 N–H and O–H groups in total. The van der Waals surface area contributed by atoms with E-state index in [1.165, 1.54) is 12.1 Å². The number of ether oxygens (including phenoxy) is 1. The Bertz CT molecular complexity index is 1280. The van der Waals surface area contributed by atoms with Crippen LogP contribution in [0.25, 0.3) is 10.9 Å². The summed E-state index contributed by atoms with van der Waals surface area (Å²) in [4.78, 5) is 19.4. The standard InChI is InChI=1S/C26H28N6O2/c1-30-13-4-14-32(16-15-30)21-6-3-5-20(17-21)31(2)19-7-9-22(10-8-19)34-26-28-24-18-27-12-11-23(24)25(33)29-26/h3,5-12,17-18H,4,13-16H2,1-2H3,(H,28,29,33). The zero-order valence-corrected chi connectivity index (χ0v) is 19.4. The van der Waals surface area contributed by atoms with Crippen molar-refractivity contribution >= 4 is 28.0 Å². The van der Waals surface area contributed by atoms with E-state index in [1.54, 1.807) is 18.5 Å². The van der Waals surface area contributed by atoms with Gasteiger partial charge in [-0.2, -0.15) is 9.97 Å². The lowest BCUT2D eigenvalue weighted by Gasteiger charge is -2.26. The summed E-state index contributed by atoms with van der Waals surface area (Å²) in [5.41, 5.74) is 3.94. The molecule has 0 atom stereocenters. The molecule has 1 aliphatic rings. The molecule has 8 heteroatoms. The number of hydrogen-bond acceptors (Lipinski definition) is 8. The van der Waals surface area contributed by atoms with Crippen LogP contribution in [0.1, 0.15) is 6.42 Å². The van der Waals surface area contributed by atoms with E-state index in [0.29, 0.717) is 16.7 Å². The van der Waals surface area contributed by atoms with Gasteiger partial charge < -0.3 is 24.5 Å². The Hall–Kier alpha value is -3.91. The molecule has 3 heterocycles. The molecule has 2 aromatic heterocycles. The van der Waals surface area contributed by atoms with Crippen LogP contribution in [0.5, 0.6) is 17.6 Å². The lowest BCUT2D eigenvalue weighted by Crippen LogP contribution is -2.28. The number of hydrogen-bond donors (Lipinski definition) is 1. The van der Waals surface area contributed by atoms with Crippen molar-refractivity contribution in [3.8, 4) is 17.6 Å². The summed E-state index contributed by atoms with van der Waals surface area (Å²) < 4.78 is 5.79. The molecule has 1 fully saturated rings. The molecule has 0 unspecified atom stereocenters. The minimum absolute atomic E-state index is 0.0786. The smallest absolute Gasteiger partial charge is 0.325 e. The third-order valence-electron chi connectivity index (χ3n) is 6.19. The van der Waals surface area contributed by atoms with Crippen molar-refractivity contribution in [3.63, 3.8) is 0 Å². The van der Waals surface area contributed by atoms with Crippen LogP contribution in [0.2, 0.25) is 0 Å². The van der Waals surface area contributed by atoms with Crippen molar-refractivity contribution in [2.75, 3.05) is 50.1 Å². The maximum Gasteiger partial charge on any atom is 0.325 e. The van der Waals surface area contributed by atoms with Crippen LogP contribution in [0.15, 0.2) is 67.0 Å². The molecule has 34 heavy (non-hydrogen) atoms. The summed E-state index contributed by atoms with van der Waals surface area (Å²) in [6.07, 6.45) is 4.33. The number of benzene rings is 2. The number of nitrogens with zero attached hydrogens (tertiary/aromatic N) is 6. The van der Waals surface area contributed by atoms with Crippen LogP contribution >= 0.6 is 0 Å². The Morgan fingerprint density at radius 2 is 1.79 bits per heavy atom. The molecule has 1 aliphatic heterocycles. The zero-order chi connectivity index (χ0) is 23.5. The Labute approximate surface area is 199 Å². The highest BCUT2D eigenvalue weighted by molar-refractivity contribution is 5.82. The molecular weight excluding hydrogens is 428 g/mol. The summed E-state index contributed by atoms with van der Waals surface area (Å²) >= 11 is 0. The third kappa shape index (κ3) is 4.72.